The highest BCUT2D eigenvalue weighted by Crippen LogP contribution is 2.35. The number of nitrogens with zero attached hydrogens (tertiary/aromatic N) is 1. The van der Waals surface area contributed by atoms with Gasteiger partial charge in [-0.15, -0.1) is 0 Å². The minimum Gasteiger partial charge on any atom is -0.372 e. The van der Waals surface area contributed by atoms with Crippen LogP contribution in [0.4, 0.5) is 11.4 Å². The summed E-state index contributed by atoms with van der Waals surface area (Å²) in [5.74, 6) is 0.149. The highest BCUT2D eigenvalue weighted by Gasteiger charge is 2.31. The lowest BCUT2D eigenvalue weighted by molar-refractivity contribution is -0.119. The zero-order valence-electron chi connectivity index (χ0n) is 11.2. The van der Waals surface area contributed by atoms with E-state index in [0.717, 1.165) is 11.4 Å². The Morgan fingerprint density at radius 1 is 1.24 bits per heavy atom. The zero-order chi connectivity index (χ0) is 12.7. The molecule has 0 aromatic heterocycles. The second-order valence-electron chi connectivity index (χ2n) is 5.12. The normalized spacial score (nSPS) is 19.3. The molecule has 0 fully saturated rings. The van der Waals surface area contributed by atoms with E-state index in [4.69, 9.17) is 0 Å². The number of carbonyl (C=O) groups is 1. The van der Waals surface area contributed by atoms with Crippen LogP contribution in [0.1, 0.15) is 31.9 Å². The van der Waals surface area contributed by atoms with E-state index >= 15 is 0 Å². The molecule has 3 nitrogen and oxygen atoms in total. The van der Waals surface area contributed by atoms with E-state index in [9.17, 15) is 4.79 Å². The summed E-state index contributed by atoms with van der Waals surface area (Å²) in [5.41, 5.74) is 4.54. The van der Waals surface area contributed by atoms with Gasteiger partial charge >= 0.3 is 0 Å². The number of rotatable bonds is 1. The molecule has 17 heavy (non-hydrogen) atoms. The number of nitrogens with one attached hydrogen (secondary N) is 1. The van der Waals surface area contributed by atoms with Crippen molar-refractivity contribution >= 4 is 17.3 Å². The summed E-state index contributed by atoms with van der Waals surface area (Å²) in [5, 5.41) is 3.27. The topological polar surface area (TPSA) is 32.3 Å². The third kappa shape index (κ3) is 1.90. The maximum Gasteiger partial charge on any atom is 0.249 e. The fourth-order valence-corrected chi connectivity index (χ4v) is 2.27. The van der Waals surface area contributed by atoms with E-state index < -0.39 is 0 Å². The molecule has 1 N–H and O–H groups in total. The van der Waals surface area contributed by atoms with Gasteiger partial charge < -0.3 is 10.2 Å². The second-order valence-corrected chi connectivity index (χ2v) is 5.12. The lowest BCUT2D eigenvalue weighted by Gasteiger charge is -2.37. The summed E-state index contributed by atoms with van der Waals surface area (Å²) in [7, 11) is 0. The second kappa shape index (κ2) is 4.06. The van der Waals surface area contributed by atoms with Crippen LogP contribution in [0.3, 0.4) is 0 Å². The maximum atomic E-state index is 12.2. The zero-order valence-corrected chi connectivity index (χ0v) is 11.2. The number of fused-ring (bicyclic) bond motifs is 1. The third-order valence-corrected chi connectivity index (χ3v) is 3.37. The molecule has 1 aliphatic heterocycles. The first-order chi connectivity index (χ1) is 7.91. The van der Waals surface area contributed by atoms with Crippen LogP contribution in [-0.2, 0) is 4.79 Å². The number of carbonyl (C=O) groups excluding carboxylic acids is 1. The van der Waals surface area contributed by atoms with Gasteiger partial charge in [0.25, 0.3) is 0 Å². The fourth-order valence-electron chi connectivity index (χ4n) is 2.27. The summed E-state index contributed by atoms with van der Waals surface area (Å²) in [4.78, 5) is 14.1. The number of aryl methyl sites for hydroxylation is 2. The van der Waals surface area contributed by atoms with E-state index in [-0.39, 0.29) is 18.0 Å². The molecule has 0 saturated carbocycles. The van der Waals surface area contributed by atoms with Crippen LogP contribution in [0.5, 0.6) is 0 Å². The lowest BCUT2D eigenvalue weighted by atomic mass is 10.0. The average molecular weight is 232 g/mol. The molecule has 1 aliphatic rings. The van der Waals surface area contributed by atoms with E-state index in [1.807, 2.05) is 11.8 Å². The number of amides is 1. The molecule has 2 rings (SSSR count). The van der Waals surface area contributed by atoms with Gasteiger partial charge in [0.15, 0.2) is 0 Å². The maximum absolute atomic E-state index is 12.2. The highest BCUT2D eigenvalue weighted by atomic mass is 16.2. The van der Waals surface area contributed by atoms with E-state index in [2.05, 4.69) is 45.1 Å². The molecule has 3 heteroatoms. The highest BCUT2D eigenvalue weighted by molar-refractivity contribution is 6.05. The smallest absolute Gasteiger partial charge is 0.249 e. The van der Waals surface area contributed by atoms with E-state index in [1.165, 1.54) is 11.1 Å². The van der Waals surface area contributed by atoms with Gasteiger partial charge in [0, 0.05) is 6.04 Å². The molecule has 1 amide bonds. The quantitative estimate of drug-likeness (QED) is 0.807. The predicted octanol–water partition coefficient (Wildman–Crippen LogP) is 2.86. The predicted molar refractivity (Wildman–Crippen MR) is 71.6 cm³/mol. The van der Waals surface area contributed by atoms with Crippen molar-refractivity contribution in [3.8, 4) is 0 Å². The first-order valence-corrected chi connectivity index (χ1v) is 6.12. The molecule has 0 radical (unpaired) electrons. The number of hydrogen-bond acceptors (Lipinski definition) is 2. The molecule has 1 atom stereocenters. The Hall–Kier alpha value is -1.51. The lowest BCUT2D eigenvalue weighted by Crippen LogP contribution is -2.49. The largest absolute Gasteiger partial charge is 0.372 e. The van der Waals surface area contributed by atoms with Crippen LogP contribution in [0.15, 0.2) is 12.1 Å². The summed E-state index contributed by atoms with van der Waals surface area (Å²) in [6.07, 6.45) is 0. The van der Waals surface area contributed by atoms with Crippen molar-refractivity contribution < 1.29 is 4.79 Å². The molecule has 92 valence electrons. The van der Waals surface area contributed by atoms with Crippen LogP contribution >= 0.6 is 0 Å². The van der Waals surface area contributed by atoms with Crippen LogP contribution in [0, 0.1) is 13.8 Å². The molecule has 0 saturated heterocycles. The molecule has 1 heterocycles. The van der Waals surface area contributed by atoms with Crippen LogP contribution in [-0.4, -0.2) is 18.0 Å². The van der Waals surface area contributed by atoms with E-state index in [0.29, 0.717) is 0 Å². The van der Waals surface area contributed by atoms with Crippen molar-refractivity contribution in [3.63, 3.8) is 0 Å². The van der Waals surface area contributed by atoms with Crippen LogP contribution in [0.25, 0.3) is 0 Å². The minimum absolute atomic E-state index is 0.146. The first kappa shape index (κ1) is 12.0. The van der Waals surface area contributed by atoms with Crippen molar-refractivity contribution in [1.29, 1.82) is 0 Å². The average Bonchev–Trinajstić information content (AvgIpc) is 2.23. The van der Waals surface area contributed by atoms with Gasteiger partial charge in [-0.1, -0.05) is 0 Å². The summed E-state index contributed by atoms with van der Waals surface area (Å²) < 4.78 is 0. The Kier molecular flexibility index (Phi) is 2.86. The Morgan fingerprint density at radius 3 is 2.41 bits per heavy atom. The molecule has 1 aromatic rings. The Labute approximate surface area is 103 Å². The fraction of sp³-hybridized carbons (Fsp3) is 0.500. The van der Waals surface area contributed by atoms with Crippen molar-refractivity contribution in [2.45, 2.75) is 46.7 Å². The van der Waals surface area contributed by atoms with Crippen LogP contribution < -0.4 is 10.2 Å². The molecular formula is C14H20N2O. The molecular weight excluding hydrogens is 212 g/mol. The standard InChI is InChI=1S/C14H20N2O/c1-8(2)16-13-7-10(4)9(3)6-12(13)15-11(5)14(16)17/h6-8,11,15H,1-5H3. The van der Waals surface area contributed by atoms with Gasteiger partial charge in [-0.25, -0.2) is 0 Å². The number of hydrogen-bond donors (Lipinski definition) is 1. The summed E-state index contributed by atoms with van der Waals surface area (Å²) in [6, 6.07) is 4.27. The Balaban J connectivity index is 2.58. The summed E-state index contributed by atoms with van der Waals surface area (Å²) >= 11 is 0. The molecule has 1 aromatic carbocycles. The minimum atomic E-state index is -0.146. The molecule has 0 spiro atoms. The van der Waals surface area contributed by atoms with Gasteiger partial charge in [-0.05, 0) is 57.9 Å². The van der Waals surface area contributed by atoms with Gasteiger partial charge in [-0.3, -0.25) is 4.79 Å². The van der Waals surface area contributed by atoms with E-state index in [1.54, 1.807) is 0 Å². The Bertz CT molecular complexity index is 466. The van der Waals surface area contributed by atoms with Gasteiger partial charge in [0.05, 0.1) is 11.4 Å². The van der Waals surface area contributed by atoms with Gasteiger partial charge in [0.2, 0.25) is 5.91 Å². The molecule has 0 aliphatic carbocycles. The molecule has 0 bridgehead atoms. The Morgan fingerprint density at radius 2 is 1.82 bits per heavy atom. The SMILES string of the molecule is Cc1cc2c(cc1C)N(C(C)C)C(=O)C(C)N2. The van der Waals surface area contributed by atoms with Crippen molar-refractivity contribution in [2.24, 2.45) is 0 Å². The third-order valence-electron chi connectivity index (χ3n) is 3.37. The number of anilines is 2. The monoisotopic (exact) mass is 232 g/mol. The van der Waals surface area contributed by atoms with Crippen molar-refractivity contribution in [1.82, 2.24) is 0 Å². The van der Waals surface area contributed by atoms with Crippen LogP contribution in [0.2, 0.25) is 0 Å². The van der Waals surface area contributed by atoms with Gasteiger partial charge in [0.1, 0.15) is 6.04 Å². The van der Waals surface area contributed by atoms with Crippen molar-refractivity contribution in [3.05, 3.63) is 23.3 Å². The van der Waals surface area contributed by atoms with Gasteiger partial charge in [-0.2, -0.15) is 0 Å². The summed E-state index contributed by atoms with van der Waals surface area (Å²) in [6.45, 7) is 10.2. The molecule has 1 unspecified atom stereocenters. The first-order valence-electron chi connectivity index (χ1n) is 6.12. The van der Waals surface area contributed by atoms with Crippen molar-refractivity contribution in [2.75, 3.05) is 10.2 Å². The number of benzene rings is 1.